The number of hydrogen-bond donors (Lipinski definition) is 1. The van der Waals surface area contributed by atoms with Gasteiger partial charge in [-0.05, 0) is 36.6 Å². The van der Waals surface area contributed by atoms with E-state index in [1.807, 2.05) is 6.92 Å². The van der Waals surface area contributed by atoms with Gasteiger partial charge in [-0.1, -0.05) is 13.8 Å². The first kappa shape index (κ1) is 15.0. The molecule has 1 aromatic carbocycles. The number of nitrogen functional groups attached to an aromatic ring is 1. The second-order valence-electron chi connectivity index (χ2n) is 5.40. The molecule has 2 rings (SSSR count). The second-order valence-corrected chi connectivity index (χ2v) is 5.40. The van der Waals surface area contributed by atoms with E-state index in [9.17, 15) is 4.79 Å². The Morgan fingerprint density at radius 1 is 1.43 bits per heavy atom. The van der Waals surface area contributed by atoms with Crippen molar-refractivity contribution in [3.05, 3.63) is 41.5 Å². The van der Waals surface area contributed by atoms with Crippen LogP contribution in [0.3, 0.4) is 0 Å². The van der Waals surface area contributed by atoms with Crippen molar-refractivity contribution in [2.45, 2.75) is 33.9 Å². The van der Waals surface area contributed by atoms with Crippen molar-refractivity contribution >= 4 is 11.7 Å². The van der Waals surface area contributed by atoms with E-state index in [0.717, 1.165) is 12.1 Å². The van der Waals surface area contributed by atoms with E-state index >= 15 is 0 Å². The zero-order chi connectivity index (χ0) is 15.4. The summed E-state index contributed by atoms with van der Waals surface area (Å²) >= 11 is 0. The summed E-state index contributed by atoms with van der Waals surface area (Å²) in [5, 5.41) is 4.13. The molecule has 1 heterocycles. The van der Waals surface area contributed by atoms with Gasteiger partial charge in [0.15, 0.2) is 12.4 Å². The average molecular weight is 288 g/mol. The number of anilines is 1. The largest absolute Gasteiger partial charge is 0.454 e. The highest BCUT2D eigenvalue weighted by Crippen LogP contribution is 2.14. The third-order valence-electron chi connectivity index (χ3n) is 3.04. The molecule has 0 atom stereocenters. The van der Waals surface area contributed by atoms with Gasteiger partial charge >= 0.3 is 5.97 Å². The van der Waals surface area contributed by atoms with Gasteiger partial charge in [0.25, 0.3) is 0 Å². The van der Waals surface area contributed by atoms with Crippen LogP contribution < -0.4 is 5.73 Å². The van der Waals surface area contributed by atoms with Gasteiger partial charge in [0, 0.05) is 12.2 Å². The maximum atomic E-state index is 12.1. The molecule has 0 aliphatic carbocycles. The fraction of sp³-hybridized carbons (Fsp3) is 0.400. The molecule has 0 spiro atoms. The Morgan fingerprint density at radius 3 is 2.86 bits per heavy atom. The predicted octanol–water partition coefficient (Wildman–Crippen LogP) is 2.18. The van der Waals surface area contributed by atoms with Crippen LogP contribution in [-0.4, -0.2) is 20.7 Å². The molecule has 2 N–H and O–H groups in total. The fourth-order valence-electron chi connectivity index (χ4n) is 2.02. The molecule has 0 saturated carbocycles. The normalized spacial score (nSPS) is 10.9. The Balaban J connectivity index is 2.03. The number of nitrogens with zero attached hydrogens (tertiary/aromatic N) is 3. The number of benzene rings is 1. The lowest BCUT2D eigenvalue weighted by molar-refractivity contribution is 0.0455. The molecule has 21 heavy (non-hydrogen) atoms. The second kappa shape index (κ2) is 6.39. The number of esters is 1. The summed E-state index contributed by atoms with van der Waals surface area (Å²) in [5.74, 6) is 0.706. The van der Waals surface area contributed by atoms with Crippen molar-refractivity contribution in [1.82, 2.24) is 14.8 Å². The van der Waals surface area contributed by atoms with Gasteiger partial charge < -0.3 is 10.5 Å². The molecule has 0 aliphatic rings. The molecule has 0 aliphatic heterocycles. The Bertz CT molecular complexity index is 634. The van der Waals surface area contributed by atoms with Crippen molar-refractivity contribution in [3.8, 4) is 0 Å². The first-order valence-electron chi connectivity index (χ1n) is 6.87. The fourth-order valence-corrected chi connectivity index (χ4v) is 2.02. The van der Waals surface area contributed by atoms with E-state index in [1.165, 1.54) is 6.33 Å². The molecule has 0 amide bonds. The van der Waals surface area contributed by atoms with Crippen LogP contribution in [0.1, 0.15) is 35.6 Å². The van der Waals surface area contributed by atoms with Crippen LogP contribution in [0.5, 0.6) is 0 Å². The van der Waals surface area contributed by atoms with Crippen LogP contribution in [0.2, 0.25) is 0 Å². The van der Waals surface area contributed by atoms with Crippen molar-refractivity contribution < 1.29 is 9.53 Å². The Hall–Kier alpha value is -2.37. The molecular formula is C15H20N4O2. The monoisotopic (exact) mass is 288 g/mol. The molecule has 0 fully saturated rings. The van der Waals surface area contributed by atoms with Gasteiger partial charge in [0.05, 0.1) is 5.56 Å². The number of hydrogen-bond acceptors (Lipinski definition) is 5. The summed E-state index contributed by atoms with van der Waals surface area (Å²) in [6.07, 6.45) is 1.47. The van der Waals surface area contributed by atoms with Crippen LogP contribution >= 0.6 is 0 Å². The first-order chi connectivity index (χ1) is 9.97. The van der Waals surface area contributed by atoms with Gasteiger partial charge in [0.2, 0.25) is 0 Å². The van der Waals surface area contributed by atoms with E-state index in [4.69, 9.17) is 10.5 Å². The molecular weight excluding hydrogens is 268 g/mol. The summed E-state index contributed by atoms with van der Waals surface area (Å²) in [7, 11) is 0. The maximum Gasteiger partial charge on any atom is 0.338 e. The number of rotatable bonds is 5. The molecule has 112 valence electrons. The van der Waals surface area contributed by atoms with Gasteiger partial charge in [-0.15, -0.1) is 0 Å². The SMILES string of the molecule is Cc1cc(N)ccc1C(=O)OCc1ncnn1CC(C)C. The highest BCUT2D eigenvalue weighted by molar-refractivity contribution is 5.91. The zero-order valence-corrected chi connectivity index (χ0v) is 12.5. The van der Waals surface area contributed by atoms with Crippen LogP contribution in [0.25, 0.3) is 0 Å². The third-order valence-corrected chi connectivity index (χ3v) is 3.04. The Morgan fingerprint density at radius 2 is 2.19 bits per heavy atom. The minimum atomic E-state index is -0.383. The molecule has 0 radical (unpaired) electrons. The molecule has 0 bridgehead atoms. The van der Waals surface area contributed by atoms with Crippen molar-refractivity contribution in [1.29, 1.82) is 0 Å². The molecule has 0 saturated heterocycles. The quantitative estimate of drug-likeness (QED) is 0.673. The number of carbonyl (C=O) groups is 1. The van der Waals surface area contributed by atoms with Crippen LogP contribution in [0.15, 0.2) is 24.5 Å². The summed E-state index contributed by atoms with van der Waals surface area (Å²) in [5.41, 5.74) is 7.61. The van der Waals surface area contributed by atoms with Crippen LogP contribution in [-0.2, 0) is 17.9 Å². The third kappa shape index (κ3) is 3.81. The van der Waals surface area contributed by atoms with Gasteiger partial charge in [-0.25, -0.2) is 14.5 Å². The molecule has 6 nitrogen and oxygen atoms in total. The van der Waals surface area contributed by atoms with E-state index in [0.29, 0.717) is 23.0 Å². The van der Waals surface area contributed by atoms with Crippen molar-refractivity contribution in [2.75, 3.05) is 5.73 Å². The average Bonchev–Trinajstić information content (AvgIpc) is 2.82. The number of carbonyl (C=O) groups excluding carboxylic acids is 1. The van der Waals surface area contributed by atoms with Gasteiger partial charge in [-0.2, -0.15) is 5.10 Å². The topological polar surface area (TPSA) is 83.0 Å². The predicted molar refractivity (Wildman–Crippen MR) is 79.6 cm³/mol. The zero-order valence-electron chi connectivity index (χ0n) is 12.5. The van der Waals surface area contributed by atoms with Crippen LogP contribution in [0, 0.1) is 12.8 Å². The standard InChI is InChI=1S/C15H20N4O2/c1-10(2)7-19-14(17-9-18-19)8-21-15(20)13-5-4-12(16)6-11(13)3/h4-6,9-10H,7-8,16H2,1-3H3. The minimum Gasteiger partial charge on any atom is -0.454 e. The Labute approximate surface area is 123 Å². The number of aryl methyl sites for hydroxylation is 1. The van der Waals surface area contributed by atoms with E-state index in [-0.39, 0.29) is 12.6 Å². The summed E-state index contributed by atoms with van der Waals surface area (Å²) in [6, 6.07) is 5.11. The highest BCUT2D eigenvalue weighted by Gasteiger charge is 2.13. The number of nitrogens with two attached hydrogens (primary N) is 1. The lowest BCUT2D eigenvalue weighted by atomic mass is 10.1. The van der Waals surface area contributed by atoms with Crippen molar-refractivity contribution in [3.63, 3.8) is 0 Å². The first-order valence-corrected chi connectivity index (χ1v) is 6.87. The molecule has 6 heteroatoms. The Kier molecular flexibility index (Phi) is 4.57. The van der Waals surface area contributed by atoms with Crippen LogP contribution in [0.4, 0.5) is 5.69 Å². The summed E-state index contributed by atoms with van der Waals surface area (Å²) in [6.45, 7) is 6.86. The van der Waals surface area contributed by atoms with Gasteiger partial charge in [0.1, 0.15) is 6.33 Å². The minimum absolute atomic E-state index is 0.107. The van der Waals surface area contributed by atoms with E-state index in [1.54, 1.807) is 22.9 Å². The number of aromatic nitrogens is 3. The molecule has 1 aromatic heterocycles. The lowest BCUT2D eigenvalue weighted by Crippen LogP contribution is -2.14. The molecule has 0 unspecified atom stereocenters. The smallest absolute Gasteiger partial charge is 0.338 e. The lowest BCUT2D eigenvalue weighted by Gasteiger charge is -2.10. The maximum absolute atomic E-state index is 12.1. The summed E-state index contributed by atoms with van der Waals surface area (Å²) in [4.78, 5) is 16.2. The number of ether oxygens (including phenoxy) is 1. The van der Waals surface area contributed by atoms with E-state index < -0.39 is 0 Å². The van der Waals surface area contributed by atoms with E-state index in [2.05, 4.69) is 23.9 Å². The molecule has 2 aromatic rings. The van der Waals surface area contributed by atoms with Crippen molar-refractivity contribution in [2.24, 2.45) is 5.92 Å². The highest BCUT2D eigenvalue weighted by atomic mass is 16.5. The van der Waals surface area contributed by atoms with Gasteiger partial charge in [-0.3, -0.25) is 0 Å². The summed E-state index contributed by atoms with van der Waals surface area (Å²) < 4.78 is 7.07.